The van der Waals surface area contributed by atoms with Crippen molar-refractivity contribution in [2.75, 3.05) is 19.9 Å². The molecule has 1 unspecified atom stereocenters. The standard InChI is InChI=1S/C25H25N3O4S/c29-24(26-12-17-5-6-22-23(11-17)32-16-31-22)25(30)27-13-21(20-8-10-33-15-20)28-9-7-18-3-1-2-4-19(18)14-28/h1-6,8,10-11,15,21H,7,9,12-14,16H2,(H,26,29)(H,27,30). The third-order valence-electron chi connectivity index (χ3n) is 6.08. The zero-order chi connectivity index (χ0) is 22.6. The van der Waals surface area contributed by atoms with Gasteiger partial charge in [-0.15, -0.1) is 0 Å². The number of amides is 2. The minimum Gasteiger partial charge on any atom is -0.454 e. The molecule has 2 N–H and O–H groups in total. The van der Waals surface area contributed by atoms with Crippen LogP contribution in [-0.4, -0.2) is 36.6 Å². The topological polar surface area (TPSA) is 79.9 Å². The predicted octanol–water partition coefficient (Wildman–Crippen LogP) is 3.01. The van der Waals surface area contributed by atoms with Crippen LogP contribution in [0.5, 0.6) is 11.5 Å². The van der Waals surface area contributed by atoms with Crippen molar-refractivity contribution in [1.29, 1.82) is 0 Å². The molecule has 0 aliphatic carbocycles. The van der Waals surface area contributed by atoms with E-state index in [1.54, 1.807) is 23.5 Å². The molecule has 0 fully saturated rings. The van der Waals surface area contributed by atoms with E-state index in [2.05, 4.69) is 51.2 Å². The number of thiophene rings is 1. The van der Waals surface area contributed by atoms with Crippen LogP contribution < -0.4 is 20.1 Å². The van der Waals surface area contributed by atoms with E-state index in [1.807, 2.05) is 11.4 Å². The van der Waals surface area contributed by atoms with Gasteiger partial charge in [-0.1, -0.05) is 30.3 Å². The van der Waals surface area contributed by atoms with Crippen LogP contribution in [-0.2, 0) is 29.1 Å². The van der Waals surface area contributed by atoms with Gasteiger partial charge in [-0.3, -0.25) is 14.5 Å². The average Bonchev–Trinajstić information content (AvgIpc) is 3.54. The maximum absolute atomic E-state index is 12.5. The smallest absolute Gasteiger partial charge is 0.309 e. The summed E-state index contributed by atoms with van der Waals surface area (Å²) >= 11 is 1.63. The molecule has 3 heterocycles. The molecule has 1 atom stereocenters. The Kier molecular flexibility index (Phi) is 6.28. The average molecular weight is 464 g/mol. The number of rotatable bonds is 6. The van der Waals surface area contributed by atoms with E-state index >= 15 is 0 Å². The first-order chi connectivity index (χ1) is 16.2. The van der Waals surface area contributed by atoms with Gasteiger partial charge in [0, 0.05) is 26.2 Å². The second kappa shape index (κ2) is 9.64. The summed E-state index contributed by atoms with van der Waals surface area (Å²) in [6.45, 7) is 2.53. The van der Waals surface area contributed by atoms with Crippen molar-refractivity contribution in [3.8, 4) is 11.5 Å². The quantitative estimate of drug-likeness (QED) is 0.550. The van der Waals surface area contributed by atoms with Crippen LogP contribution >= 0.6 is 11.3 Å². The number of ether oxygens (including phenoxy) is 2. The van der Waals surface area contributed by atoms with Crippen LogP contribution in [0.4, 0.5) is 0 Å². The Bertz CT molecular complexity index is 1150. The normalized spacial score (nSPS) is 15.5. The number of nitrogens with one attached hydrogen (secondary N) is 2. The van der Waals surface area contributed by atoms with E-state index in [9.17, 15) is 9.59 Å². The molecule has 0 saturated heterocycles. The minimum atomic E-state index is -0.652. The molecule has 2 aromatic carbocycles. The zero-order valence-electron chi connectivity index (χ0n) is 18.1. The Hall–Kier alpha value is -3.36. The summed E-state index contributed by atoms with van der Waals surface area (Å²) in [6.07, 6.45) is 0.973. The van der Waals surface area contributed by atoms with Crippen LogP contribution in [0.2, 0.25) is 0 Å². The van der Waals surface area contributed by atoms with Crippen molar-refractivity contribution in [2.45, 2.75) is 25.6 Å². The summed E-state index contributed by atoms with van der Waals surface area (Å²) in [6, 6.07) is 16.0. The molecular formula is C25H25N3O4S. The molecule has 0 spiro atoms. The SMILES string of the molecule is O=C(NCc1ccc2c(c1)OCO2)C(=O)NCC(c1ccsc1)N1CCc2ccccc2C1. The van der Waals surface area contributed by atoms with E-state index in [0.29, 0.717) is 18.0 Å². The highest BCUT2D eigenvalue weighted by Gasteiger charge is 2.26. The van der Waals surface area contributed by atoms with Crippen molar-refractivity contribution in [3.63, 3.8) is 0 Å². The van der Waals surface area contributed by atoms with E-state index in [0.717, 1.165) is 30.6 Å². The summed E-state index contributed by atoms with van der Waals surface area (Å²) in [7, 11) is 0. The number of hydrogen-bond acceptors (Lipinski definition) is 6. The highest BCUT2D eigenvalue weighted by Crippen LogP contribution is 2.32. The van der Waals surface area contributed by atoms with Gasteiger partial charge < -0.3 is 20.1 Å². The first kappa shape index (κ1) is 21.5. The first-order valence-electron chi connectivity index (χ1n) is 10.9. The van der Waals surface area contributed by atoms with E-state index < -0.39 is 11.8 Å². The van der Waals surface area contributed by atoms with Gasteiger partial charge in [0.25, 0.3) is 0 Å². The summed E-state index contributed by atoms with van der Waals surface area (Å²) in [4.78, 5) is 27.3. The number of benzene rings is 2. The zero-order valence-corrected chi connectivity index (χ0v) is 18.9. The van der Waals surface area contributed by atoms with Gasteiger partial charge in [-0.25, -0.2) is 0 Å². The van der Waals surface area contributed by atoms with Gasteiger partial charge in [0.05, 0.1) is 6.04 Å². The van der Waals surface area contributed by atoms with E-state index in [-0.39, 0.29) is 19.4 Å². The van der Waals surface area contributed by atoms with Crippen LogP contribution in [0, 0.1) is 0 Å². The number of fused-ring (bicyclic) bond motifs is 2. The Labute approximate surface area is 196 Å². The van der Waals surface area contributed by atoms with Gasteiger partial charge in [-0.2, -0.15) is 11.3 Å². The number of nitrogens with zero attached hydrogens (tertiary/aromatic N) is 1. The lowest BCUT2D eigenvalue weighted by Crippen LogP contribution is -2.45. The van der Waals surface area contributed by atoms with E-state index in [4.69, 9.17) is 9.47 Å². The molecule has 2 amide bonds. The molecule has 5 rings (SSSR count). The minimum absolute atomic E-state index is 0.00946. The number of carbonyl (C=O) groups excluding carboxylic acids is 2. The molecule has 33 heavy (non-hydrogen) atoms. The monoisotopic (exact) mass is 463 g/mol. The fraction of sp³-hybridized carbons (Fsp3) is 0.280. The fourth-order valence-electron chi connectivity index (χ4n) is 4.29. The molecule has 3 aromatic rings. The maximum Gasteiger partial charge on any atom is 0.309 e. The molecule has 7 nitrogen and oxygen atoms in total. The van der Waals surface area contributed by atoms with Crippen LogP contribution in [0.15, 0.2) is 59.3 Å². The fourth-order valence-corrected chi connectivity index (χ4v) is 5.00. The van der Waals surface area contributed by atoms with Crippen molar-refractivity contribution >= 4 is 23.2 Å². The van der Waals surface area contributed by atoms with Crippen molar-refractivity contribution in [1.82, 2.24) is 15.5 Å². The third-order valence-corrected chi connectivity index (χ3v) is 6.78. The highest BCUT2D eigenvalue weighted by atomic mass is 32.1. The molecular weight excluding hydrogens is 438 g/mol. The van der Waals surface area contributed by atoms with Crippen LogP contribution in [0.25, 0.3) is 0 Å². The Balaban J connectivity index is 1.18. The lowest BCUT2D eigenvalue weighted by atomic mass is 9.97. The van der Waals surface area contributed by atoms with Gasteiger partial charge in [0.2, 0.25) is 6.79 Å². The maximum atomic E-state index is 12.5. The Morgan fingerprint density at radius 1 is 1.00 bits per heavy atom. The Morgan fingerprint density at radius 3 is 2.67 bits per heavy atom. The third kappa shape index (κ3) is 4.86. The van der Waals surface area contributed by atoms with Crippen LogP contribution in [0.3, 0.4) is 0 Å². The molecule has 0 bridgehead atoms. The molecule has 2 aliphatic rings. The first-order valence-corrected chi connectivity index (χ1v) is 11.9. The number of carbonyl (C=O) groups is 2. The summed E-state index contributed by atoms with van der Waals surface area (Å²) in [5.41, 5.74) is 4.69. The molecule has 2 aliphatic heterocycles. The molecule has 170 valence electrons. The molecule has 1 aromatic heterocycles. The van der Waals surface area contributed by atoms with Gasteiger partial charge in [0.15, 0.2) is 11.5 Å². The summed E-state index contributed by atoms with van der Waals surface area (Å²) in [5, 5.41) is 9.67. The lowest BCUT2D eigenvalue weighted by Gasteiger charge is -2.35. The van der Waals surface area contributed by atoms with Gasteiger partial charge >= 0.3 is 11.8 Å². The summed E-state index contributed by atoms with van der Waals surface area (Å²) < 4.78 is 10.6. The van der Waals surface area contributed by atoms with Crippen molar-refractivity contribution < 1.29 is 19.1 Å². The van der Waals surface area contributed by atoms with Crippen LogP contribution in [0.1, 0.15) is 28.3 Å². The van der Waals surface area contributed by atoms with Gasteiger partial charge in [0.1, 0.15) is 0 Å². The molecule has 0 saturated carbocycles. The highest BCUT2D eigenvalue weighted by molar-refractivity contribution is 7.08. The predicted molar refractivity (Wildman–Crippen MR) is 125 cm³/mol. The second-order valence-electron chi connectivity index (χ2n) is 8.14. The van der Waals surface area contributed by atoms with E-state index in [1.165, 1.54) is 11.1 Å². The van der Waals surface area contributed by atoms with Crippen molar-refractivity contribution in [2.24, 2.45) is 0 Å². The molecule has 8 heteroatoms. The number of hydrogen-bond donors (Lipinski definition) is 2. The largest absolute Gasteiger partial charge is 0.454 e. The molecule has 0 radical (unpaired) electrons. The second-order valence-corrected chi connectivity index (χ2v) is 8.92. The Morgan fingerprint density at radius 2 is 1.82 bits per heavy atom. The lowest BCUT2D eigenvalue weighted by molar-refractivity contribution is -0.139. The van der Waals surface area contributed by atoms with Gasteiger partial charge in [-0.05, 0) is 57.6 Å². The summed E-state index contributed by atoms with van der Waals surface area (Å²) in [5.74, 6) is 0.0460. The van der Waals surface area contributed by atoms with Crippen molar-refractivity contribution in [3.05, 3.63) is 81.5 Å².